The van der Waals surface area contributed by atoms with E-state index in [9.17, 15) is 9.59 Å². The molecule has 4 rings (SSSR count). The Morgan fingerprint density at radius 1 is 1.36 bits per heavy atom. The van der Waals surface area contributed by atoms with Crippen LogP contribution in [-0.4, -0.2) is 44.2 Å². The number of anilines is 1. The normalized spacial score (nSPS) is 15.3. The number of hydrogen-bond acceptors (Lipinski definition) is 9. The number of ether oxygens (including phenoxy) is 1. The van der Waals surface area contributed by atoms with Crippen molar-refractivity contribution in [2.24, 2.45) is 5.92 Å². The van der Waals surface area contributed by atoms with E-state index >= 15 is 0 Å². The number of carbonyl (C=O) groups excluding carboxylic acids is 2. The Morgan fingerprint density at radius 2 is 2.21 bits per heavy atom. The van der Waals surface area contributed by atoms with Crippen LogP contribution in [0.3, 0.4) is 0 Å². The maximum Gasteiger partial charge on any atom is 0.341 e. The maximum absolute atomic E-state index is 12.7. The minimum absolute atomic E-state index is 0.0882. The summed E-state index contributed by atoms with van der Waals surface area (Å²) in [7, 11) is 0. The number of carbonyl (C=O) groups is 2. The van der Waals surface area contributed by atoms with Gasteiger partial charge in [0.2, 0.25) is 11.8 Å². The molecule has 0 unspecified atom stereocenters. The third-order valence-corrected chi connectivity index (χ3v) is 7.51. The third kappa shape index (κ3) is 5.64. The number of hydrogen-bond donors (Lipinski definition) is 1. The molecule has 0 aliphatic heterocycles. The number of thioether (sulfide) groups is 1. The second kappa shape index (κ2) is 10.5. The van der Waals surface area contributed by atoms with E-state index in [1.165, 1.54) is 16.2 Å². The summed E-state index contributed by atoms with van der Waals surface area (Å²) < 4.78 is 12.6. The van der Waals surface area contributed by atoms with E-state index < -0.39 is 0 Å². The fourth-order valence-corrected chi connectivity index (χ4v) is 5.80. The van der Waals surface area contributed by atoms with Crippen molar-refractivity contribution in [2.45, 2.75) is 58.2 Å². The zero-order valence-corrected chi connectivity index (χ0v) is 20.6. The summed E-state index contributed by atoms with van der Waals surface area (Å²) in [5.74, 6) is 0.511. The molecule has 33 heavy (non-hydrogen) atoms. The van der Waals surface area contributed by atoms with E-state index in [0.29, 0.717) is 40.7 Å². The number of aryl methyl sites for hydroxylation is 1. The highest BCUT2D eigenvalue weighted by Crippen LogP contribution is 2.41. The summed E-state index contributed by atoms with van der Waals surface area (Å²) in [6.45, 7) is 6.54. The van der Waals surface area contributed by atoms with Crippen LogP contribution in [0.2, 0.25) is 0 Å². The second-order valence-corrected chi connectivity index (χ2v) is 9.93. The number of aromatic nitrogens is 4. The van der Waals surface area contributed by atoms with E-state index in [2.05, 4.69) is 27.5 Å². The van der Waals surface area contributed by atoms with Crippen molar-refractivity contribution in [3.63, 3.8) is 0 Å². The molecule has 11 heteroatoms. The fraction of sp³-hybridized carbons (Fsp3) is 0.500. The van der Waals surface area contributed by atoms with Crippen LogP contribution in [0.25, 0.3) is 0 Å². The van der Waals surface area contributed by atoms with Crippen LogP contribution in [0, 0.1) is 12.8 Å². The van der Waals surface area contributed by atoms with E-state index in [0.717, 1.165) is 48.7 Å². The molecule has 9 nitrogen and oxygen atoms in total. The van der Waals surface area contributed by atoms with Crippen LogP contribution in [0.15, 0.2) is 21.9 Å². The highest BCUT2D eigenvalue weighted by Gasteiger charge is 2.30. The van der Waals surface area contributed by atoms with Crippen LogP contribution in [0.5, 0.6) is 0 Å². The molecule has 176 valence electrons. The van der Waals surface area contributed by atoms with Gasteiger partial charge in [0.25, 0.3) is 5.22 Å². The van der Waals surface area contributed by atoms with Gasteiger partial charge in [-0.25, -0.2) is 4.79 Å². The summed E-state index contributed by atoms with van der Waals surface area (Å²) in [5, 5.41) is 16.1. The summed E-state index contributed by atoms with van der Waals surface area (Å²) in [4.78, 5) is 26.5. The first kappa shape index (κ1) is 23.5. The van der Waals surface area contributed by atoms with E-state index in [4.69, 9.17) is 9.15 Å². The number of nitrogens with one attached hydrogen (secondary N) is 1. The maximum atomic E-state index is 12.7. The minimum atomic E-state index is -0.372. The van der Waals surface area contributed by atoms with Gasteiger partial charge in [-0.05, 0) is 50.7 Å². The van der Waals surface area contributed by atoms with Gasteiger partial charge in [-0.3, -0.25) is 9.48 Å². The molecule has 1 amide bonds. The Balaban J connectivity index is 1.40. The molecule has 3 aromatic heterocycles. The van der Waals surface area contributed by atoms with E-state index in [-0.39, 0.29) is 17.6 Å². The highest BCUT2D eigenvalue weighted by atomic mass is 32.2. The van der Waals surface area contributed by atoms with Gasteiger partial charge >= 0.3 is 5.97 Å². The first-order valence-electron chi connectivity index (χ1n) is 11.0. The lowest BCUT2D eigenvalue weighted by Gasteiger charge is -2.20. The lowest BCUT2D eigenvalue weighted by atomic mass is 9.85. The van der Waals surface area contributed by atoms with Crippen molar-refractivity contribution >= 4 is 40.0 Å². The molecule has 1 atom stereocenters. The SMILES string of the molecule is CCOC(=O)c1c(NC(=O)CSc2nnc(Cn3ccc(C)n3)o2)sc2c1CC[C@H](CC)C2. The molecule has 0 aromatic carbocycles. The fourth-order valence-electron chi connectivity index (χ4n) is 3.85. The van der Waals surface area contributed by atoms with Crippen LogP contribution < -0.4 is 5.32 Å². The Hall–Kier alpha value is -2.66. The number of esters is 1. The van der Waals surface area contributed by atoms with Gasteiger partial charge in [0.15, 0.2) is 0 Å². The average Bonchev–Trinajstić information content (AvgIpc) is 3.50. The van der Waals surface area contributed by atoms with Crippen molar-refractivity contribution in [3.05, 3.63) is 39.9 Å². The smallest absolute Gasteiger partial charge is 0.341 e. The Bertz CT molecular complexity index is 1140. The van der Waals surface area contributed by atoms with Crippen molar-refractivity contribution < 1.29 is 18.7 Å². The standard InChI is InChI=1S/C22H27N5O4S2/c1-4-14-6-7-15-16(10-14)33-20(19(15)21(29)30-5-2)23-17(28)12-32-22-25-24-18(31-22)11-27-9-8-13(3)26-27/h8-9,14H,4-7,10-12H2,1-3H3,(H,23,28)/t14-/m0/s1. The molecule has 1 aliphatic rings. The molecule has 1 N–H and O–H groups in total. The summed E-state index contributed by atoms with van der Waals surface area (Å²) >= 11 is 2.64. The second-order valence-electron chi connectivity index (χ2n) is 7.90. The predicted octanol–water partition coefficient (Wildman–Crippen LogP) is 4.11. The summed E-state index contributed by atoms with van der Waals surface area (Å²) in [6.07, 6.45) is 5.77. The molecule has 0 bridgehead atoms. The van der Waals surface area contributed by atoms with Crippen molar-refractivity contribution in [2.75, 3.05) is 17.7 Å². The molecule has 0 saturated carbocycles. The molecule has 3 aromatic rings. The Kier molecular flexibility index (Phi) is 7.49. The van der Waals surface area contributed by atoms with Crippen LogP contribution in [0.4, 0.5) is 5.00 Å². The van der Waals surface area contributed by atoms with Crippen LogP contribution >= 0.6 is 23.1 Å². The van der Waals surface area contributed by atoms with Gasteiger partial charge in [-0.1, -0.05) is 25.1 Å². The number of rotatable bonds is 9. The minimum Gasteiger partial charge on any atom is -0.462 e. The van der Waals surface area contributed by atoms with Crippen LogP contribution in [0.1, 0.15) is 59.1 Å². The van der Waals surface area contributed by atoms with Gasteiger partial charge in [-0.2, -0.15) is 5.10 Å². The molecule has 0 saturated heterocycles. The zero-order valence-electron chi connectivity index (χ0n) is 18.9. The average molecular weight is 490 g/mol. The van der Waals surface area contributed by atoms with E-state index in [1.54, 1.807) is 11.6 Å². The molecule has 1 aliphatic carbocycles. The third-order valence-electron chi connectivity index (χ3n) is 5.52. The first-order chi connectivity index (χ1) is 16.0. The van der Waals surface area contributed by atoms with E-state index in [1.807, 2.05) is 19.2 Å². The van der Waals surface area contributed by atoms with Gasteiger partial charge in [0.1, 0.15) is 11.5 Å². The lowest BCUT2D eigenvalue weighted by molar-refractivity contribution is -0.113. The Morgan fingerprint density at radius 3 is 2.94 bits per heavy atom. The van der Waals surface area contributed by atoms with Gasteiger partial charge in [-0.15, -0.1) is 21.5 Å². The quantitative estimate of drug-likeness (QED) is 0.353. The molecular formula is C22H27N5O4S2. The number of fused-ring (bicyclic) bond motifs is 1. The Labute approximate surface area is 200 Å². The topological polar surface area (TPSA) is 112 Å². The zero-order chi connectivity index (χ0) is 23.4. The largest absolute Gasteiger partial charge is 0.462 e. The monoisotopic (exact) mass is 489 g/mol. The van der Waals surface area contributed by atoms with Gasteiger partial charge in [0, 0.05) is 11.1 Å². The van der Waals surface area contributed by atoms with Crippen LogP contribution in [-0.2, 0) is 28.9 Å². The highest BCUT2D eigenvalue weighted by molar-refractivity contribution is 7.99. The van der Waals surface area contributed by atoms with Crippen molar-refractivity contribution in [1.29, 1.82) is 0 Å². The summed E-state index contributed by atoms with van der Waals surface area (Å²) in [5.41, 5.74) is 2.45. The van der Waals surface area contributed by atoms with Gasteiger partial charge in [0.05, 0.1) is 23.6 Å². The molecule has 0 spiro atoms. The number of amides is 1. The number of thiophene rings is 1. The lowest BCUT2D eigenvalue weighted by Crippen LogP contribution is -2.18. The predicted molar refractivity (Wildman–Crippen MR) is 126 cm³/mol. The summed E-state index contributed by atoms with van der Waals surface area (Å²) in [6, 6.07) is 1.89. The first-order valence-corrected chi connectivity index (χ1v) is 12.8. The molecule has 0 radical (unpaired) electrons. The van der Waals surface area contributed by atoms with Gasteiger partial charge < -0.3 is 14.5 Å². The molecular weight excluding hydrogens is 462 g/mol. The molecule has 0 fully saturated rings. The van der Waals surface area contributed by atoms with Crippen molar-refractivity contribution in [1.82, 2.24) is 20.0 Å². The number of nitrogens with zero attached hydrogens (tertiary/aromatic N) is 4. The van der Waals surface area contributed by atoms with Crippen molar-refractivity contribution in [3.8, 4) is 0 Å². The molecule has 3 heterocycles.